The number of hydrogen-bond donors (Lipinski definition) is 1. The summed E-state index contributed by atoms with van der Waals surface area (Å²) in [5.74, 6) is 1.87. The van der Waals surface area contributed by atoms with Crippen LogP contribution in [0.4, 0.5) is 0 Å². The Kier molecular flexibility index (Phi) is 5.73. The van der Waals surface area contributed by atoms with Crippen LogP contribution in [-0.2, 0) is 4.79 Å². The molecule has 4 nitrogen and oxygen atoms in total. The summed E-state index contributed by atoms with van der Waals surface area (Å²) in [6.07, 6.45) is 3.27. The van der Waals surface area contributed by atoms with Crippen LogP contribution in [0, 0.1) is 17.8 Å². The van der Waals surface area contributed by atoms with Gasteiger partial charge < -0.3 is 14.6 Å². The van der Waals surface area contributed by atoms with E-state index in [1.54, 1.807) is 7.11 Å². The minimum atomic E-state index is -0.732. The molecule has 0 amide bonds. The average Bonchev–Trinajstić information content (AvgIpc) is 3.63. The van der Waals surface area contributed by atoms with Crippen molar-refractivity contribution in [2.75, 3.05) is 13.7 Å². The van der Waals surface area contributed by atoms with E-state index in [2.05, 4.69) is 0 Å². The molecule has 5 heteroatoms. The zero-order chi connectivity index (χ0) is 20.5. The highest BCUT2D eigenvalue weighted by Crippen LogP contribution is 2.51. The number of halogens is 1. The number of aliphatic carboxylic acids is 1. The van der Waals surface area contributed by atoms with Gasteiger partial charge in [0.1, 0.15) is 11.5 Å². The Balaban J connectivity index is 1.40. The molecule has 2 saturated carbocycles. The highest BCUT2D eigenvalue weighted by molar-refractivity contribution is 6.31. The van der Waals surface area contributed by atoms with Gasteiger partial charge in [-0.3, -0.25) is 4.79 Å². The Morgan fingerprint density at radius 1 is 1.21 bits per heavy atom. The molecule has 0 aromatic heterocycles. The number of benzene rings is 2. The van der Waals surface area contributed by atoms with E-state index in [4.69, 9.17) is 21.1 Å². The molecule has 2 aromatic rings. The summed E-state index contributed by atoms with van der Waals surface area (Å²) in [5, 5.41) is 10.3. The van der Waals surface area contributed by atoms with E-state index in [1.807, 2.05) is 49.4 Å². The highest BCUT2D eigenvalue weighted by atomic mass is 35.5. The fourth-order valence-electron chi connectivity index (χ4n) is 4.34. The van der Waals surface area contributed by atoms with Gasteiger partial charge in [0.05, 0.1) is 19.6 Å². The molecule has 1 unspecified atom stereocenters. The Hall–Kier alpha value is -2.20. The third-order valence-electron chi connectivity index (χ3n) is 6.29. The number of carboxylic acid groups (broad SMARTS) is 1. The molecule has 1 N–H and O–H groups in total. The number of carbonyl (C=O) groups is 1. The molecule has 154 valence electrons. The van der Waals surface area contributed by atoms with Gasteiger partial charge in [0.2, 0.25) is 0 Å². The molecular weight excluding hydrogens is 388 g/mol. The van der Waals surface area contributed by atoms with Crippen molar-refractivity contribution >= 4 is 17.6 Å². The first-order valence-corrected chi connectivity index (χ1v) is 10.6. The van der Waals surface area contributed by atoms with Crippen LogP contribution in [0.25, 0.3) is 0 Å². The van der Waals surface area contributed by atoms with E-state index in [-0.39, 0.29) is 11.8 Å². The van der Waals surface area contributed by atoms with E-state index in [0.717, 1.165) is 46.9 Å². The number of methoxy groups -OCH3 is 1. The van der Waals surface area contributed by atoms with Crippen molar-refractivity contribution in [3.8, 4) is 11.5 Å². The van der Waals surface area contributed by atoms with Gasteiger partial charge in [-0.1, -0.05) is 30.7 Å². The second-order valence-corrected chi connectivity index (χ2v) is 8.77. The summed E-state index contributed by atoms with van der Waals surface area (Å²) in [5.41, 5.74) is 2.19. The predicted molar refractivity (Wildman–Crippen MR) is 113 cm³/mol. The SMILES string of the molecule is COc1ccc(Cl)c([C@H]2C[C@@H]2COc2cccc(C(C3CC3)[C@H](C)C(=O)O)c2)c1. The summed E-state index contributed by atoms with van der Waals surface area (Å²) < 4.78 is 11.4. The quantitative estimate of drug-likeness (QED) is 0.568. The van der Waals surface area contributed by atoms with Crippen molar-refractivity contribution in [1.29, 1.82) is 0 Å². The van der Waals surface area contributed by atoms with E-state index < -0.39 is 5.97 Å². The van der Waals surface area contributed by atoms with Gasteiger partial charge in [0.15, 0.2) is 0 Å². The normalized spacial score (nSPS) is 22.6. The Labute approximate surface area is 176 Å². The second kappa shape index (κ2) is 8.27. The molecule has 4 rings (SSSR count). The number of hydrogen-bond acceptors (Lipinski definition) is 3. The van der Waals surface area contributed by atoms with Crippen molar-refractivity contribution in [2.24, 2.45) is 17.8 Å². The molecule has 0 spiro atoms. The van der Waals surface area contributed by atoms with Crippen molar-refractivity contribution < 1.29 is 19.4 Å². The van der Waals surface area contributed by atoms with Gasteiger partial charge in [-0.2, -0.15) is 0 Å². The number of rotatable bonds is 9. The topological polar surface area (TPSA) is 55.8 Å². The van der Waals surface area contributed by atoms with Crippen LogP contribution in [-0.4, -0.2) is 24.8 Å². The summed E-state index contributed by atoms with van der Waals surface area (Å²) in [7, 11) is 1.66. The van der Waals surface area contributed by atoms with E-state index >= 15 is 0 Å². The molecule has 2 aliphatic rings. The summed E-state index contributed by atoms with van der Waals surface area (Å²) in [6, 6.07) is 13.8. The average molecular weight is 415 g/mol. The fraction of sp³-hybridized carbons (Fsp3) is 0.458. The molecule has 4 atom stereocenters. The third-order valence-corrected chi connectivity index (χ3v) is 6.63. The van der Waals surface area contributed by atoms with Gasteiger partial charge in [0.25, 0.3) is 0 Å². The van der Waals surface area contributed by atoms with Crippen LogP contribution in [0.5, 0.6) is 11.5 Å². The highest BCUT2D eigenvalue weighted by Gasteiger charge is 2.41. The lowest BCUT2D eigenvalue weighted by atomic mass is 9.83. The molecule has 29 heavy (non-hydrogen) atoms. The molecule has 0 radical (unpaired) electrons. The molecule has 0 saturated heterocycles. The standard InChI is InChI=1S/C24H27ClO4/c1-14(24(26)27)23(15-6-7-15)16-4-3-5-19(10-16)29-13-17-11-20(17)21-12-18(28-2)8-9-22(21)25/h3-5,8-10,12,14-15,17,20,23H,6-7,11,13H2,1-2H3,(H,26,27)/t14-,17+,20-,23?/m0/s1. The smallest absolute Gasteiger partial charge is 0.306 e. The molecule has 0 bridgehead atoms. The molecule has 0 aliphatic heterocycles. The maximum Gasteiger partial charge on any atom is 0.306 e. The number of ether oxygens (including phenoxy) is 2. The zero-order valence-electron chi connectivity index (χ0n) is 16.8. The lowest BCUT2D eigenvalue weighted by molar-refractivity contribution is -0.142. The molecular formula is C24H27ClO4. The van der Waals surface area contributed by atoms with Gasteiger partial charge in [0, 0.05) is 10.9 Å². The summed E-state index contributed by atoms with van der Waals surface area (Å²) in [6.45, 7) is 2.44. The van der Waals surface area contributed by atoms with E-state index in [1.165, 1.54) is 0 Å². The monoisotopic (exact) mass is 414 g/mol. The van der Waals surface area contributed by atoms with Crippen molar-refractivity contribution in [2.45, 2.75) is 38.0 Å². The van der Waals surface area contributed by atoms with Crippen LogP contribution >= 0.6 is 11.6 Å². The Morgan fingerprint density at radius 2 is 2.00 bits per heavy atom. The Morgan fingerprint density at radius 3 is 2.69 bits per heavy atom. The minimum Gasteiger partial charge on any atom is -0.497 e. The lowest BCUT2D eigenvalue weighted by Crippen LogP contribution is -2.20. The van der Waals surface area contributed by atoms with E-state index in [9.17, 15) is 9.90 Å². The van der Waals surface area contributed by atoms with Crippen molar-refractivity contribution in [3.63, 3.8) is 0 Å². The second-order valence-electron chi connectivity index (χ2n) is 8.36. The van der Waals surface area contributed by atoms with Crippen LogP contribution in [0.2, 0.25) is 5.02 Å². The lowest BCUT2D eigenvalue weighted by Gasteiger charge is -2.21. The van der Waals surface area contributed by atoms with Crippen molar-refractivity contribution in [3.05, 3.63) is 58.6 Å². The summed E-state index contributed by atoms with van der Waals surface area (Å²) >= 11 is 6.37. The van der Waals surface area contributed by atoms with Gasteiger partial charge >= 0.3 is 5.97 Å². The first-order valence-electron chi connectivity index (χ1n) is 10.3. The van der Waals surface area contributed by atoms with Crippen LogP contribution in [0.1, 0.15) is 49.1 Å². The van der Waals surface area contributed by atoms with Crippen LogP contribution in [0.3, 0.4) is 0 Å². The first kappa shape index (κ1) is 20.1. The maximum atomic E-state index is 11.5. The molecule has 0 heterocycles. The predicted octanol–water partition coefficient (Wildman–Crippen LogP) is 5.75. The van der Waals surface area contributed by atoms with Gasteiger partial charge in [-0.25, -0.2) is 0 Å². The molecule has 2 aliphatic carbocycles. The van der Waals surface area contributed by atoms with Gasteiger partial charge in [-0.15, -0.1) is 0 Å². The van der Waals surface area contributed by atoms with Crippen molar-refractivity contribution in [1.82, 2.24) is 0 Å². The van der Waals surface area contributed by atoms with E-state index in [0.29, 0.717) is 24.4 Å². The molecule has 2 aromatic carbocycles. The van der Waals surface area contributed by atoms with Gasteiger partial charge in [-0.05, 0) is 78.5 Å². The van der Waals surface area contributed by atoms with Crippen LogP contribution in [0.15, 0.2) is 42.5 Å². The third kappa shape index (κ3) is 4.53. The number of carboxylic acids is 1. The summed E-state index contributed by atoms with van der Waals surface area (Å²) in [4.78, 5) is 11.5. The fourth-order valence-corrected chi connectivity index (χ4v) is 4.60. The zero-order valence-corrected chi connectivity index (χ0v) is 17.6. The Bertz CT molecular complexity index is 892. The largest absolute Gasteiger partial charge is 0.497 e. The minimum absolute atomic E-state index is 0.0558. The van der Waals surface area contributed by atoms with Crippen LogP contribution < -0.4 is 9.47 Å². The first-order chi connectivity index (χ1) is 14.0. The maximum absolute atomic E-state index is 11.5. The molecule has 2 fully saturated rings.